The maximum Gasteiger partial charge on any atom is 0.151 e. The minimum atomic E-state index is 0.269. The van der Waals surface area contributed by atoms with Gasteiger partial charge in [-0.05, 0) is 19.9 Å². The van der Waals surface area contributed by atoms with Crippen molar-refractivity contribution in [2.24, 2.45) is 0 Å². The molecule has 0 fully saturated rings. The van der Waals surface area contributed by atoms with Gasteiger partial charge in [-0.25, -0.2) is 0 Å². The highest BCUT2D eigenvalue weighted by Crippen LogP contribution is 2.18. The molecule has 0 spiro atoms. The van der Waals surface area contributed by atoms with Gasteiger partial charge < -0.3 is 9.84 Å². The SMILES string of the molecule is CC(NCc1cc(-c2ccccc2)no1)C(C)n1cccn1. The Morgan fingerprint density at radius 3 is 2.73 bits per heavy atom. The maximum absolute atomic E-state index is 5.40. The Balaban J connectivity index is 1.59. The Kier molecular flexibility index (Phi) is 4.34. The van der Waals surface area contributed by atoms with Crippen LogP contribution in [0.1, 0.15) is 25.6 Å². The van der Waals surface area contributed by atoms with E-state index >= 15 is 0 Å². The molecule has 0 amide bonds. The fourth-order valence-electron chi connectivity index (χ4n) is 2.32. The van der Waals surface area contributed by atoms with Crippen LogP contribution in [0.2, 0.25) is 0 Å². The van der Waals surface area contributed by atoms with Crippen molar-refractivity contribution in [2.75, 3.05) is 0 Å². The maximum atomic E-state index is 5.40. The molecule has 2 heterocycles. The third kappa shape index (κ3) is 3.26. The lowest BCUT2D eigenvalue weighted by Gasteiger charge is -2.21. The van der Waals surface area contributed by atoms with Gasteiger partial charge in [-0.15, -0.1) is 0 Å². The fourth-order valence-corrected chi connectivity index (χ4v) is 2.32. The summed E-state index contributed by atoms with van der Waals surface area (Å²) in [5.41, 5.74) is 1.93. The molecule has 0 bridgehead atoms. The second-order valence-corrected chi connectivity index (χ2v) is 5.44. The summed E-state index contributed by atoms with van der Waals surface area (Å²) in [7, 11) is 0. The van der Waals surface area contributed by atoms with Crippen LogP contribution >= 0.6 is 0 Å². The molecule has 114 valence electrons. The summed E-state index contributed by atoms with van der Waals surface area (Å²) in [4.78, 5) is 0. The van der Waals surface area contributed by atoms with Crippen molar-refractivity contribution in [2.45, 2.75) is 32.5 Å². The van der Waals surface area contributed by atoms with Crippen molar-refractivity contribution in [3.8, 4) is 11.3 Å². The molecular weight excluding hydrogens is 276 g/mol. The highest BCUT2D eigenvalue weighted by molar-refractivity contribution is 5.58. The minimum Gasteiger partial charge on any atom is -0.359 e. The van der Waals surface area contributed by atoms with Gasteiger partial charge in [-0.1, -0.05) is 35.5 Å². The average Bonchev–Trinajstić information content (AvgIpc) is 3.24. The second kappa shape index (κ2) is 6.58. The van der Waals surface area contributed by atoms with Crippen LogP contribution in [-0.2, 0) is 6.54 Å². The first-order valence-electron chi connectivity index (χ1n) is 7.47. The van der Waals surface area contributed by atoms with Gasteiger partial charge in [0.05, 0.1) is 12.6 Å². The van der Waals surface area contributed by atoms with E-state index in [0.717, 1.165) is 17.0 Å². The molecule has 1 aromatic carbocycles. The van der Waals surface area contributed by atoms with Gasteiger partial charge in [0, 0.05) is 30.1 Å². The molecule has 2 aromatic heterocycles. The Bertz CT molecular complexity index is 691. The highest BCUT2D eigenvalue weighted by Gasteiger charge is 2.14. The van der Waals surface area contributed by atoms with Crippen LogP contribution in [0, 0.1) is 0 Å². The molecule has 3 aromatic rings. The number of nitrogens with one attached hydrogen (secondary N) is 1. The molecule has 0 saturated heterocycles. The number of hydrogen-bond acceptors (Lipinski definition) is 4. The van der Waals surface area contributed by atoms with E-state index in [1.165, 1.54) is 0 Å². The number of hydrogen-bond donors (Lipinski definition) is 1. The monoisotopic (exact) mass is 296 g/mol. The van der Waals surface area contributed by atoms with Crippen molar-refractivity contribution in [1.29, 1.82) is 0 Å². The summed E-state index contributed by atoms with van der Waals surface area (Å²) in [6, 6.07) is 14.5. The van der Waals surface area contributed by atoms with E-state index in [2.05, 4.69) is 29.4 Å². The average molecular weight is 296 g/mol. The number of benzene rings is 1. The van der Waals surface area contributed by atoms with Gasteiger partial charge in [0.25, 0.3) is 0 Å². The smallest absolute Gasteiger partial charge is 0.151 e. The van der Waals surface area contributed by atoms with Gasteiger partial charge in [0.1, 0.15) is 5.69 Å². The van der Waals surface area contributed by atoms with E-state index in [-0.39, 0.29) is 12.1 Å². The zero-order chi connectivity index (χ0) is 15.4. The predicted octanol–water partition coefficient (Wildman–Crippen LogP) is 3.28. The number of aromatic nitrogens is 3. The van der Waals surface area contributed by atoms with E-state index < -0.39 is 0 Å². The molecule has 0 aliphatic heterocycles. The van der Waals surface area contributed by atoms with Crippen molar-refractivity contribution >= 4 is 0 Å². The van der Waals surface area contributed by atoms with Gasteiger partial charge in [0.2, 0.25) is 0 Å². The molecule has 22 heavy (non-hydrogen) atoms. The van der Waals surface area contributed by atoms with Gasteiger partial charge in [-0.2, -0.15) is 5.10 Å². The largest absolute Gasteiger partial charge is 0.359 e. The molecule has 2 atom stereocenters. The summed E-state index contributed by atoms with van der Waals surface area (Å²) in [6.45, 7) is 4.92. The topological polar surface area (TPSA) is 55.9 Å². The lowest BCUT2D eigenvalue weighted by atomic mass is 10.1. The molecule has 1 N–H and O–H groups in total. The normalized spacial score (nSPS) is 13.9. The second-order valence-electron chi connectivity index (χ2n) is 5.44. The lowest BCUT2D eigenvalue weighted by Crippen LogP contribution is -2.33. The summed E-state index contributed by atoms with van der Waals surface area (Å²) < 4.78 is 7.36. The Labute approximate surface area is 129 Å². The fraction of sp³-hybridized carbons (Fsp3) is 0.294. The van der Waals surface area contributed by atoms with Crippen LogP contribution in [0.5, 0.6) is 0 Å². The first-order chi connectivity index (χ1) is 10.7. The number of rotatable bonds is 6. The summed E-state index contributed by atoms with van der Waals surface area (Å²) in [5, 5.41) is 11.9. The summed E-state index contributed by atoms with van der Waals surface area (Å²) in [6.07, 6.45) is 3.77. The van der Waals surface area contributed by atoms with Gasteiger partial charge in [0.15, 0.2) is 5.76 Å². The molecule has 0 aliphatic carbocycles. The Hall–Kier alpha value is -2.40. The van der Waals surface area contributed by atoms with Crippen LogP contribution in [-0.4, -0.2) is 21.0 Å². The van der Waals surface area contributed by atoms with Crippen LogP contribution < -0.4 is 5.32 Å². The van der Waals surface area contributed by atoms with Crippen LogP contribution in [0.15, 0.2) is 59.4 Å². The van der Waals surface area contributed by atoms with Gasteiger partial charge in [-0.3, -0.25) is 4.68 Å². The van der Waals surface area contributed by atoms with Crippen LogP contribution in [0.25, 0.3) is 11.3 Å². The van der Waals surface area contributed by atoms with Crippen molar-refractivity contribution in [3.63, 3.8) is 0 Å². The molecule has 5 nitrogen and oxygen atoms in total. The molecule has 0 saturated carbocycles. The van der Waals surface area contributed by atoms with Crippen molar-refractivity contribution in [1.82, 2.24) is 20.3 Å². The number of nitrogens with zero attached hydrogens (tertiary/aromatic N) is 3. The minimum absolute atomic E-state index is 0.269. The standard InChI is InChI=1S/C17H20N4O/c1-13(14(2)21-10-6-9-19-21)18-12-16-11-17(20-22-16)15-7-4-3-5-8-15/h3-11,13-14,18H,12H2,1-2H3. The first kappa shape index (κ1) is 14.5. The Morgan fingerprint density at radius 1 is 1.18 bits per heavy atom. The van der Waals surface area contributed by atoms with Crippen molar-refractivity contribution in [3.05, 3.63) is 60.6 Å². The van der Waals surface area contributed by atoms with E-state index in [9.17, 15) is 0 Å². The first-order valence-corrected chi connectivity index (χ1v) is 7.47. The lowest BCUT2D eigenvalue weighted by molar-refractivity contribution is 0.330. The molecular formula is C17H20N4O. The molecule has 3 rings (SSSR count). The zero-order valence-corrected chi connectivity index (χ0v) is 12.8. The van der Waals surface area contributed by atoms with E-state index in [1.54, 1.807) is 6.20 Å². The zero-order valence-electron chi connectivity index (χ0n) is 12.8. The third-order valence-corrected chi connectivity index (χ3v) is 3.89. The van der Waals surface area contributed by atoms with E-state index in [0.29, 0.717) is 6.54 Å². The quantitative estimate of drug-likeness (QED) is 0.758. The molecule has 0 radical (unpaired) electrons. The van der Waals surface area contributed by atoms with Crippen molar-refractivity contribution < 1.29 is 4.52 Å². The molecule has 5 heteroatoms. The summed E-state index contributed by atoms with van der Waals surface area (Å²) in [5.74, 6) is 0.832. The Morgan fingerprint density at radius 2 is 2.00 bits per heavy atom. The third-order valence-electron chi connectivity index (χ3n) is 3.89. The van der Waals surface area contributed by atoms with Gasteiger partial charge >= 0.3 is 0 Å². The highest BCUT2D eigenvalue weighted by atomic mass is 16.5. The molecule has 0 aliphatic rings. The predicted molar refractivity (Wildman–Crippen MR) is 85.2 cm³/mol. The summed E-state index contributed by atoms with van der Waals surface area (Å²) >= 11 is 0. The van der Waals surface area contributed by atoms with E-state index in [4.69, 9.17) is 4.52 Å². The van der Waals surface area contributed by atoms with Crippen LogP contribution in [0.4, 0.5) is 0 Å². The molecule has 2 unspecified atom stereocenters. The van der Waals surface area contributed by atoms with Crippen LogP contribution in [0.3, 0.4) is 0 Å². The van der Waals surface area contributed by atoms with E-state index in [1.807, 2.05) is 53.3 Å².